The van der Waals surface area contributed by atoms with Gasteiger partial charge in [0.25, 0.3) is 0 Å². The fraction of sp³-hybridized carbons (Fsp3) is 0.667. The Morgan fingerprint density at radius 1 is 1.50 bits per heavy atom. The average molecular weight is 252 g/mol. The fourth-order valence-corrected chi connectivity index (χ4v) is 2.08. The number of carbonyl (C=O) groups excluding carboxylic acids is 1. The highest BCUT2D eigenvalue weighted by molar-refractivity contribution is 5.75. The molecule has 1 aliphatic heterocycles. The van der Waals surface area contributed by atoms with E-state index in [1.165, 1.54) is 0 Å². The molecule has 18 heavy (non-hydrogen) atoms. The number of hydrogen-bond acceptors (Lipinski definition) is 4. The van der Waals surface area contributed by atoms with Crippen molar-refractivity contribution in [3.63, 3.8) is 0 Å². The number of carbonyl (C=O) groups is 1. The molecule has 1 amide bonds. The third-order valence-corrected chi connectivity index (χ3v) is 2.91. The third-order valence-electron chi connectivity index (χ3n) is 2.91. The Kier molecular flexibility index (Phi) is 4.72. The van der Waals surface area contributed by atoms with Gasteiger partial charge in [-0.05, 0) is 13.0 Å². The number of rotatable bonds is 5. The summed E-state index contributed by atoms with van der Waals surface area (Å²) >= 11 is 0. The molecule has 1 fully saturated rings. The van der Waals surface area contributed by atoms with Crippen LogP contribution in [0, 0.1) is 0 Å². The van der Waals surface area contributed by atoms with Gasteiger partial charge in [0.05, 0.1) is 13.2 Å². The minimum Gasteiger partial charge on any atom is -0.379 e. The van der Waals surface area contributed by atoms with E-state index in [-0.39, 0.29) is 18.5 Å². The summed E-state index contributed by atoms with van der Waals surface area (Å²) in [6, 6.07) is 1.95. The topological polar surface area (TPSA) is 59.4 Å². The molecule has 0 spiro atoms. The molecule has 0 saturated carbocycles. The number of aromatic nitrogens is 2. The number of hydrogen-bond donors (Lipinski definition) is 1. The number of nitrogens with zero attached hydrogens (tertiary/aromatic N) is 3. The van der Waals surface area contributed by atoms with Gasteiger partial charge in [-0.25, -0.2) is 0 Å². The average Bonchev–Trinajstić information content (AvgIpc) is 2.82. The summed E-state index contributed by atoms with van der Waals surface area (Å²) in [4.78, 5) is 14.1. The predicted molar refractivity (Wildman–Crippen MR) is 67.1 cm³/mol. The predicted octanol–water partition coefficient (Wildman–Crippen LogP) is -0.280. The van der Waals surface area contributed by atoms with E-state index in [0.29, 0.717) is 0 Å². The van der Waals surface area contributed by atoms with E-state index < -0.39 is 0 Å². The second kappa shape index (κ2) is 6.51. The van der Waals surface area contributed by atoms with Crippen LogP contribution in [0.1, 0.15) is 6.92 Å². The summed E-state index contributed by atoms with van der Waals surface area (Å²) in [6.45, 7) is 6.63. The second-order valence-electron chi connectivity index (χ2n) is 4.59. The maximum atomic E-state index is 11.7. The Bertz CT molecular complexity index is 360. The van der Waals surface area contributed by atoms with Gasteiger partial charge in [-0.1, -0.05) is 0 Å². The Hall–Kier alpha value is -1.40. The lowest BCUT2D eigenvalue weighted by atomic mass is 10.3. The monoisotopic (exact) mass is 252 g/mol. The van der Waals surface area contributed by atoms with E-state index in [0.717, 1.165) is 32.8 Å². The molecule has 2 heterocycles. The largest absolute Gasteiger partial charge is 0.379 e. The van der Waals surface area contributed by atoms with E-state index in [1.54, 1.807) is 17.1 Å². The van der Waals surface area contributed by atoms with E-state index in [1.807, 2.05) is 13.0 Å². The second-order valence-corrected chi connectivity index (χ2v) is 4.59. The molecule has 1 aliphatic rings. The molecule has 1 N–H and O–H groups in total. The van der Waals surface area contributed by atoms with Gasteiger partial charge in [-0.3, -0.25) is 14.4 Å². The van der Waals surface area contributed by atoms with Crippen LogP contribution in [0.15, 0.2) is 18.5 Å². The molecule has 0 radical (unpaired) electrons. The Morgan fingerprint density at radius 3 is 2.94 bits per heavy atom. The summed E-state index contributed by atoms with van der Waals surface area (Å²) in [5.74, 6) is -0.000501. The van der Waals surface area contributed by atoms with Gasteiger partial charge in [0, 0.05) is 38.1 Å². The smallest absolute Gasteiger partial charge is 0.241 e. The van der Waals surface area contributed by atoms with Gasteiger partial charge in [0.2, 0.25) is 5.91 Å². The minimum atomic E-state index is -0.000501. The maximum Gasteiger partial charge on any atom is 0.241 e. The summed E-state index contributed by atoms with van der Waals surface area (Å²) in [5, 5.41) is 6.99. The van der Waals surface area contributed by atoms with E-state index in [9.17, 15) is 4.79 Å². The van der Waals surface area contributed by atoms with Gasteiger partial charge in [-0.2, -0.15) is 5.10 Å². The molecular weight excluding hydrogens is 232 g/mol. The molecule has 0 aliphatic carbocycles. The van der Waals surface area contributed by atoms with E-state index in [4.69, 9.17) is 4.74 Å². The van der Waals surface area contributed by atoms with Gasteiger partial charge in [-0.15, -0.1) is 0 Å². The zero-order valence-electron chi connectivity index (χ0n) is 10.7. The van der Waals surface area contributed by atoms with Crippen molar-refractivity contribution in [3.05, 3.63) is 18.5 Å². The standard InChI is InChI=1S/C12H20N4O2/c1-11(9-15-5-7-18-8-6-15)14-12(17)10-16-4-2-3-13-16/h2-4,11H,5-10H2,1H3,(H,14,17)/t11-/m0/s1. The first-order valence-corrected chi connectivity index (χ1v) is 6.31. The molecule has 1 aromatic heterocycles. The van der Waals surface area contributed by atoms with Crippen molar-refractivity contribution in [2.24, 2.45) is 0 Å². The van der Waals surface area contributed by atoms with Crippen LogP contribution in [0.5, 0.6) is 0 Å². The van der Waals surface area contributed by atoms with Crippen molar-refractivity contribution >= 4 is 5.91 Å². The number of amides is 1. The van der Waals surface area contributed by atoms with Crippen molar-refractivity contribution in [2.45, 2.75) is 19.5 Å². The molecular formula is C12H20N4O2. The SMILES string of the molecule is C[C@@H](CN1CCOCC1)NC(=O)Cn1cccn1. The van der Waals surface area contributed by atoms with Crippen LogP contribution < -0.4 is 5.32 Å². The minimum absolute atomic E-state index is 0.000501. The van der Waals surface area contributed by atoms with Gasteiger partial charge >= 0.3 is 0 Å². The molecule has 0 bridgehead atoms. The van der Waals surface area contributed by atoms with Crippen LogP contribution in [0.4, 0.5) is 0 Å². The summed E-state index contributed by atoms with van der Waals surface area (Å²) in [5.41, 5.74) is 0. The van der Waals surface area contributed by atoms with Crippen LogP contribution in [0.2, 0.25) is 0 Å². The lowest BCUT2D eigenvalue weighted by molar-refractivity contribution is -0.122. The lowest BCUT2D eigenvalue weighted by Crippen LogP contribution is -2.46. The zero-order valence-corrected chi connectivity index (χ0v) is 10.7. The quantitative estimate of drug-likeness (QED) is 0.783. The molecule has 0 aromatic carbocycles. The van der Waals surface area contributed by atoms with Crippen molar-refractivity contribution in [1.82, 2.24) is 20.0 Å². The highest BCUT2D eigenvalue weighted by Gasteiger charge is 2.15. The van der Waals surface area contributed by atoms with Crippen molar-refractivity contribution in [2.75, 3.05) is 32.8 Å². The molecule has 2 rings (SSSR count). The van der Waals surface area contributed by atoms with Gasteiger partial charge < -0.3 is 10.1 Å². The van der Waals surface area contributed by atoms with Crippen LogP contribution in [0.3, 0.4) is 0 Å². The van der Waals surface area contributed by atoms with Crippen molar-refractivity contribution < 1.29 is 9.53 Å². The molecule has 1 saturated heterocycles. The van der Waals surface area contributed by atoms with Crippen LogP contribution >= 0.6 is 0 Å². The summed E-state index contributed by atoms with van der Waals surface area (Å²) in [7, 11) is 0. The summed E-state index contributed by atoms with van der Waals surface area (Å²) < 4.78 is 6.91. The van der Waals surface area contributed by atoms with Crippen molar-refractivity contribution in [1.29, 1.82) is 0 Å². The molecule has 100 valence electrons. The van der Waals surface area contributed by atoms with Crippen LogP contribution in [0.25, 0.3) is 0 Å². The normalized spacial score (nSPS) is 18.5. The van der Waals surface area contributed by atoms with Gasteiger partial charge in [0.15, 0.2) is 0 Å². The number of nitrogens with one attached hydrogen (secondary N) is 1. The first-order valence-electron chi connectivity index (χ1n) is 6.31. The molecule has 1 atom stereocenters. The first-order chi connectivity index (χ1) is 8.74. The number of morpholine rings is 1. The Morgan fingerprint density at radius 2 is 2.28 bits per heavy atom. The van der Waals surface area contributed by atoms with E-state index >= 15 is 0 Å². The Balaban J connectivity index is 1.69. The van der Waals surface area contributed by atoms with E-state index in [2.05, 4.69) is 15.3 Å². The highest BCUT2D eigenvalue weighted by atomic mass is 16.5. The molecule has 1 aromatic rings. The summed E-state index contributed by atoms with van der Waals surface area (Å²) in [6.07, 6.45) is 3.46. The van der Waals surface area contributed by atoms with Crippen molar-refractivity contribution in [3.8, 4) is 0 Å². The van der Waals surface area contributed by atoms with Crippen LogP contribution in [-0.2, 0) is 16.1 Å². The molecule has 0 unspecified atom stereocenters. The van der Waals surface area contributed by atoms with Gasteiger partial charge in [0.1, 0.15) is 6.54 Å². The fourth-order valence-electron chi connectivity index (χ4n) is 2.08. The van der Waals surface area contributed by atoms with Crippen LogP contribution in [-0.4, -0.2) is 59.5 Å². The first kappa shape index (κ1) is 13.0. The third kappa shape index (κ3) is 4.12. The number of ether oxygens (including phenoxy) is 1. The molecule has 6 nitrogen and oxygen atoms in total. The highest BCUT2D eigenvalue weighted by Crippen LogP contribution is 1.98. The maximum absolute atomic E-state index is 11.7. The zero-order chi connectivity index (χ0) is 12.8. The lowest BCUT2D eigenvalue weighted by Gasteiger charge is -2.29. The molecule has 6 heteroatoms. The Labute approximate surface area is 107 Å².